The monoisotopic (exact) mass is 245 g/mol. The number of nitrogen functional groups attached to an aromatic ring is 2. The van der Waals surface area contributed by atoms with Gasteiger partial charge in [-0.1, -0.05) is 20.3 Å². The van der Waals surface area contributed by atoms with Gasteiger partial charge in [0.15, 0.2) is 5.65 Å². The van der Waals surface area contributed by atoms with Gasteiger partial charge < -0.3 is 11.5 Å². The third-order valence-electron chi connectivity index (χ3n) is 3.32. The fourth-order valence-electron chi connectivity index (χ4n) is 2.39. The van der Waals surface area contributed by atoms with Crippen molar-refractivity contribution in [3.05, 3.63) is 17.3 Å². The van der Waals surface area contributed by atoms with Crippen LogP contribution in [0.2, 0.25) is 0 Å². The Balaban J connectivity index is 2.63. The molecule has 0 aromatic carbocycles. The first-order valence-electron chi connectivity index (χ1n) is 6.22. The van der Waals surface area contributed by atoms with Crippen LogP contribution >= 0.6 is 0 Å². The molecule has 1 atom stereocenters. The Hall–Kier alpha value is -1.91. The number of nitrogens with two attached hydrogens (primary N) is 2. The quantitative estimate of drug-likeness (QED) is 0.866. The van der Waals surface area contributed by atoms with E-state index in [0.717, 1.165) is 23.8 Å². The zero-order valence-electron chi connectivity index (χ0n) is 11.1. The molecule has 2 rings (SSSR count). The van der Waals surface area contributed by atoms with Crippen LogP contribution in [0.3, 0.4) is 0 Å². The molecule has 0 radical (unpaired) electrons. The predicted molar refractivity (Wildman–Crippen MR) is 74.2 cm³/mol. The first-order chi connectivity index (χ1) is 8.54. The van der Waals surface area contributed by atoms with Gasteiger partial charge in [-0.05, 0) is 30.4 Å². The van der Waals surface area contributed by atoms with Crippen molar-refractivity contribution in [3.63, 3.8) is 0 Å². The topological polar surface area (TPSA) is 90.7 Å². The van der Waals surface area contributed by atoms with E-state index in [1.54, 1.807) is 0 Å². The Morgan fingerprint density at radius 2 is 2.00 bits per heavy atom. The van der Waals surface area contributed by atoms with Gasteiger partial charge >= 0.3 is 0 Å². The van der Waals surface area contributed by atoms with E-state index in [0.29, 0.717) is 17.4 Å². The Bertz CT molecular complexity index is 579. The number of anilines is 2. The molecule has 0 aliphatic heterocycles. The van der Waals surface area contributed by atoms with Crippen molar-refractivity contribution in [1.29, 1.82) is 0 Å². The van der Waals surface area contributed by atoms with Gasteiger partial charge in [-0.15, -0.1) is 0 Å². The molecule has 2 heterocycles. The van der Waals surface area contributed by atoms with E-state index >= 15 is 0 Å². The normalized spacial score (nSPS) is 12.8. The summed E-state index contributed by atoms with van der Waals surface area (Å²) in [5.41, 5.74) is 14.4. The molecule has 96 valence electrons. The van der Waals surface area contributed by atoms with E-state index in [4.69, 9.17) is 11.5 Å². The van der Waals surface area contributed by atoms with Crippen molar-refractivity contribution in [1.82, 2.24) is 15.0 Å². The van der Waals surface area contributed by atoms with Crippen LogP contribution in [0.1, 0.15) is 43.7 Å². The lowest BCUT2D eigenvalue weighted by Crippen LogP contribution is -2.05. The summed E-state index contributed by atoms with van der Waals surface area (Å²) in [6.07, 6.45) is 4.15. The van der Waals surface area contributed by atoms with Crippen LogP contribution < -0.4 is 11.5 Å². The molecule has 0 aliphatic rings. The first kappa shape index (κ1) is 12.5. The van der Waals surface area contributed by atoms with Gasteiger partial charge in [0.2, 0.25) is 5.95 Å². The van der Waals surface area contributed by atoms with Crippen molar-refractivity contribution < 1.29 is 0 Å². The molecular formula is C13H19N5. The Labute approximate surface area is 107 Å². The molecule has 2 aromatic rings. The number of pyridine rings is 1. The molecule has 4 N–H and O–H groups in total. The second kappa shape index (κ2) is 4.76. The van der Waals surface area contributed by atoms with Crippen molar-refractivity contribution >= 4 is 22.8 Å². The second-order valence-corrected chi connectivity index (χ2v) is 4.69. The Morgan fingerprint density at radius 3 is 2.67 bits per heavy atom. The summed E-state index contributed by atoms with van der Waals surface area (Å²) in [7, 11) is 0. The minimum absolute atomic E-state index is 0.168. The number of aryl methyl sites for hydroxylation is 1. The van der Waals surface area contributed by atoms with E-state index in [2.05, 4.69) is 28.8 Å². The Morgan fingerprint density at radius 1 is 1.28 bits per heavy atom. The lowest BCUT2D eigenvalue weighted by atomic mass is 9.93. The number of aromatic nitrogens is 3. The van der Waals surface area contributed by atoms with Crippen molar-refractivity contribution in [2.75, 3.05) is 11.5 Å². The molecule has 0 fully saturated rings. The number of nitrogens with zero attached hydrogens (tertiary/aromatic N) is 3. The number of hydrogen-bond donors (Lipinski definition) is 2. The van der Waals surface area contributed by atoms with Crippen LogP contribution in [0, 0.1) is 6.92 Å². The number of fused-ring (bicyclic) bond motifs is 1. The van der Waals surface area contributed by atoms with Crippen molar-refractivity contribution in [2.24, 2.45) is 0 Å². The molecule has 1 unspecified atom stereocenters. The molecule has 5 heteroatoms. The molecule has 5 nitrogen and oxygen atoms in total. The van der Waals surface area contributed by atoms with Crippen LogP contribution in [-0.2, 0) is 0 Å². The van der Waals surface area contributed by atoms with E-state index in [-0.39, 0.29) is 5.95 Å². The minimum Gasteiger partial charge on any atom is -0.383 e. The summed E-state index contributed by atoms with van der Waals surface area (Å²) in [6.45, 7) is 6.42. The average molecular weight is 245 g/mol. The van der Waals surface area contributed by atoms with Gasteiger partial charge in [-0.2, -0.15) is 9.97 Å². The molecule has 0 saturated carbocycles. The van der Waals surface area contributed by atoms with E-state index in [1.165, 1.54) is 5.56 Å². The maximum Gasteiger partial charge on any atom is 0.224 e. The fourth-order valence-corrected chi connectivity index (χ4v) is 2.39. The second-order valence-electron chi connectivity index (χ2n) is 4.69. The number of hydrogen-bond acceptors (Lipinski definition) is 5. The summed E-state index contributed by atoms with van der Waals surface area (Å²) in [5, 5.41) is 0.824. The SMILES string of the molecule is CCCC(C)c1cnc2nc(N)nc(N)c2c1C. The van der Waals surface area contributed by atoms with E-state index in [1.807, 2.05) is 13.1 Å². The molecule has 0 amide bonds. The highest BCUT2D eigenvalue weighted by molar-refractivity contribution is 5.90. The molecule has 0 saturated heterocycles. The molecule has 18 heavy (non-hydrogen) atoms. The Kier molecular flexibility index (Phi) is 3.32. The summed E-state index contributed by atoms with van der Waals surface area (Å²) < 4.78 is 0. The lowest BCUT2D eigenvalue weighted by molar-refractivity contribution is 0.660. The predicted octanol–water partition coefficient (Wildman–Crippen LogP) is 2.40. The molecule has 0 aliphatic carbocycles. The van der Waals surface area contributed by atoms with Crippen molar-refractivity contribution in [3.8, 4) is 0 Å². The van der Waals surface area contributed by atoms with Gasteiger partial charge in [-0.25, -0.2) is 4.98 Å². The lowest BCUT2D eigenvalue weighted by Gasteiger charge is -2.15. The van der Waals surface area contributed by atoms with Gasteiger partial charge in [0.05, 0.1) is 5.39 Å². The van der Waals surface area contributed by atoms with E-state index < -0.39 is 0 Å². The highest BCUT2D eigenvalue weighted by Crippen LogP contribution is 2.29. The average Bonchev–Trinajstić information content (AvgIpc) is 2.28. The maximum atomic E-state index is 5.93. The zero-order chi connectivity index (χ0) is 13.3. The largest absolute Gasteiger partial charge is 0.383 e. The maximum absolute atomic E-state index is 5.93. The summed E-state index contributed by atoms with van der Waals surface area (Å²) in [6, 6.07) is 0. The highest BCUT2D eigenvalue weighted by Gasteiger charge is 2.14. The van der Waals surface area contributed by atoms with Gasteiger partial charge in [0.1, 0.15) is 5.82 Å². The van der Waals surface area contributed by atoms with Gasteiger partial charge in [-0.3, -0.25) is 0 Å². The minimum atomic E-state index is 0.168. The summed E-state index contributed by atoms with van der Waals surface area (Å²) in [5.74, 6) is 1.04. The third-order valence-corrected chi connectivity index (χ3v) is 3.32. The highest BCUT2D eigenvalue weighted by atomic mass is 15.1. The van der Waals surface area contributed by atoms with Crippen molar-refractivity contribution in [2.45, 2.75) is 39.5 Å². The van der Waals surface area contributed by atoms with Crippen LogP contribution in [0.5, 0.6) is 0 Å². The van der Waals surface area contributed by atoms with Crippen LogP contribution in [0.4, 0.5) is 11.8 Å². The molecule has 0 bridgehead atoms. The van der Waals surface area contributed by atoms with Crippen LogP contribution in [-0.4, -0.2) is 15.0 Å². The summed E-state index contributed by atoms with van der Waals surface area (Å²) in [4.78, 5) is 12.5. The fraction of sp³-hybridized carbons (Fsp3) is 0.462. The summed E-state index contributed by atoms with van der Waals surface area (Å²) >= 11 is 0. The van der Waals surface area contributed by atoms with Crippen LogP contribution in [0.15, 0.2) is 6.20 Å². The molecule has 0 spiro atoms. The first-order valence-corrected chi connectivity index (χ1v) is 6.22. The number of rotatable bonds is 3. The van der Waals surface area contributed by atoms with Gasteiger partial charge in [0.25, 0.3) is 0 Å². The molecular weight excluding hydrogens is 226 g/mol. The molecule has 2 aromatic heterocycles. The third kappa shape index (κ3) is 2.08. The van der Waals surface area contributed by atoms with Gasteiger partial charge in [0, 0.05) is 6.20 Å². The zero-order valence-corrected chi connectivity index (χ0v) is 11.1. The van der Waals surface area contributed by atoms with E-state index in [9.17, 15) is 0 Å². The van der Waals surface area contributed by atoms with Crippen LogP contribution in [0.25, 0.3) is 11.0 Å². The smallest absolute Gasteiger partial charge is 0.224 e. The standard InChI is InChI=1S/C13H19N5/c1-4-5-7(2)9-6-16-12-10(8(9)3)11(14)17-13(15)18-12/h6-7H,4-5H2,1-3H3,(H4,14,15,16,17,18).